The minimum Gasteiger partial charge on any atom is -0.237 e. The molecule has 3 aromatic rings. The molecule has 6 nitrogen and oxygen atoms in total. The molecule has 0 aromatic carbocycles. The largest absolute Gasteiger partial charge is 0.243 e. The summed E-state index contributed by atoms with van der Waals surface area (Å²) in [5.41, 5.74) is 0. The fraction of sp³-hybridized carbons (Fsp3) is 0.727. The molecule has 39 heavy (non-hydrogen) atoms. The van der Waals surface area contributed by atoms with Crippen LogP contribution in [0.3, 0.4) is 0 Å². The molecule has 0 saturated carbocycles. The van der Waals surface area contributed by atoms with Crippen LogP contribution in [0, 0.1) is 0 Å². The molecular weight excluding hydrogens is 480 g/mol. The zero-order chi connectivity index (χ0) is 27.4. The monoisotopic (exact) mass is 539 g/mol. The van der Waals surface area contributed by atoms with Gasteiger partial charge in [0.1, 0.15) is 37.2 Å². The molecule has 3 rings (SSSR count). The van der Waals surface area contributed by atoms with Gasteiger partial charge in [-0.3, -0.25) is 0 Å². The van der Waals surface area contributed by atoms with Gasteiger partial charge in [0.25, 0.3) is 0 Å². The van der Waals surface area contributed by atoms with Gasteiger partial charge in [-0.05, 0) is 77.0 Å². The third-order valence-corrected chi connectivity index (χ3v) is 7.94. The van der Waals surface area contributed by atoms with E-state index < -0.39 is 0 Å². The van der Waals surface area contributed by atoms with Crippen molar-refractivity contribution in [3.63, 3.8) is 0 Å². The lowest BCUT2D eigenvalue weighted by molar-refractivity contribution is -0.698. The normalized spacial score (nSPS) is 11.5. The Kier molecular flexibility index (Phi) is 15.7. The Balaban J connectivity index is 1.15. The van der Waals surface area contributed by atoms with Crippen LogP contribution in [0.1, 0.15) is 117 Å². The van der Waals surface area contributed by atoms with E-state index in [2.05, 4.69) is 97.4 Å². The molecule has 6 heteroatoms. The van der Waals surface area contributed by atoms with Crippen LogP contribution in [0.2, 0.25) is 0 Å². The van der Waals surface area contributed by atoms with Gasteiger partial charge in [0.05, 0.1) is 39.3 Å². The number of nitrogens with zero attached hydrogens (tertiary/aromatic N) is 6. The second-order valence-electron chi connectivity index (χ2n) is 11.6. The van der Waals surface area contributed by atoms with E-state index in [9.17, 15) is 0 Å². The van der Waals surface area contributed by atoms with Crippen molar-refractivity contribution in [1.29, 1.82) is 0 Å². The van der Waals surface area contributed by atoms with Crippen molar-refractivity contribution >= 4 is 0 Å². The van der Waals surface area contributed by atoms with Crippen molar-refractivity contribution in [2.75, 3.05) is 0 Å². The number of aromatic nitrogens is 6. The maximum absolute atomic E-state index is 2.37. The predicted octanol–water partition coefficient (Wildman–Crippen LogP) is 6.64. The summed E-state index contributed by atoms with van der Waals surface area (Å²) in [5.74, 6) is 0. The molecule has 0 saturated heterocycles. The molecule has 0 unspecified atom stereocenters. The summed E-state index contributed by atoms with van der Waals surface area (Å²) in [5, 5.41) is 0. The average Bonchev–Trinajstić information content (AvgIpc) is 3.70. The quantitative estimate of drug-likeness (QED) is 0.0902. The minimum atomic E-state index is 1.14. The lowest BCUT2D eigenvalue weighted by Gasteiger charge is -2.00. The lowest BCUT2D eigenvalue weighted by Crippen LogP contribution is -2.31. The lowest BCUT2D eigenvalue weighted by atomic mass is 10.2. The number of hydrogen-bond acceptors (Lipinski definition) is 0. The molecule has 0 aliphatic heterocycles. The van der Waals surface area contributed by atoms with Crippen molar-refractivity contribution in [3.05, 3.63) is 56.2 Å². The van der Waals surface area contributed by atoms with Gasteiger partial charge >= 0.3 is 0 Å². The first-order valence-corrected chi connectivity index (χ1v) is 16.4. The zero-order valence-corrected chi connectivity index (χ0v) is 25.4. The molecule has 218 valence electrons. The Morgan fingerprint density at radius 2 is 0.692 bits per heavy atom. The highest BCUT2D eigenvalue weighted by atomic mass is 15.1. The van der Waals surface area contributed by atoms with Crippen molar-refractivity contribution in [2.24, 2.45) is 0 Å². The van der Waals surface area contributed by atoms with Crippen molar-refractivity contribution in [3.8, 4) is 0 Å². The van der Waals surface area contributed by atoms with Gasteiger partial charge < -0.3 is 0 Å². The Hall–Kier alpha value is -2.37. The number of hydrogen-bond donors (Lipinski definition) is 0. The van der Waals surface area contributed by atoms with Crippen LogP contribution in [-0.4, -0.2) is 13.7 Å². The molecule has 3 heterocycles. The SMILES string of the molecule is CCCCCCn1cc[n+](CCCCCCn2cc[n+](CCCCCC[n+]3ccn(CCCCCC)c3)c2)c1. The summed E-state index contributed by atoms with van der Waals surface area (Å²) < 4.78 is 14.2. The Bertz CT molecular complexity index is 907. The zero-order valence-electron chi connectivity index (χ0n) is 25.4. The smallest absolute Gasteiger partial charge is 0.237 e. The Labute approximate surface area is 239 Å². The summed E-state index contributed by atoms with van der Waals surface area (Å²) in [6.45, 7) is 11.5. The van der Waals surface area contributed by atoms with E-state index in [0.29, 0.717) is 0 Å². The van der Waals surface area contributed by atoms with Crippen LogP contribution in [0.5, 0.6) is 0 Å². The van der Waals surface area contributed by atoms with Gasteiger partial charge in [-0.25, -0.2) is 27.4 Å². The van der Waals surface area contributed by atoms with Gasteiger partial charge in [-0.2, -0.15) is 0 Å². The number of aryl methyl sites for hydroxylation is 6. The molecule has 0 bridgehead atoms. The molecule has 0 radical (unpaired) electrons. The van der Waals surface area contributed by atoms with Gasteiger partial charge in [0.15, 0.2) is 0 Å². The molecule has 0 fully saturated rings. The molecule has 0 N–H and O–H groups in total. The molecule has 3 aromatic heterocycles. The second kappa shape index (κ2) is 19.7. The highest BCUT2D eigenvalue weighted by molar-refractivity contribution is 4.68. The van der Waals surface area contributed by atoms with Crippen LogP contribution < -0.4 is 13.7 Å². The van der Waals surface area contributed by atoms with Crippen LogP contribution in [-0.2, 0) is 39.3 Å². The fourth-order valence-electron chi connectivity index (χ4n) is 5.44. The fourth-order valence-corrected chi connectivity index (χ4v) is 5.44. The number of rotatable bonds is 24. The van der Waals surface area contributed by atoms with Gasteiger partial charge in [-0.15, -0.1) is 0 Å². The van der Waals surface area contributed by atoms with E-state index in [1.165, 1.54) is 103 Å². The van der Waals surface area contributed by atoms with Crippen LogP contribution >= 0.6 is 0 Å². The van der Waals surface area contributed by atoms with E-state index in [-0.39, 0.29) is 0 Å². The third kappa shape index (κ3) is 13.5. The number of unbranched alkanes of at least 4 members (excludes halogenated alkanes) is 12. The summed E-state index contributed by atoms with van der Waals surface area (Å²) in [4.78, 5) is 0. The summed E-state index contributed by atoms with van der Waals surface area (Å²) in [7, 11) is 0. The second-order valence-corrected chi connectivity index (χ2v) is 11.6. The van der Waals surface area contributed by atoms with Gasteiger partial charge in [0, 0.05) is 0 Å². The molecule has 0 aliphatic carbocycles. The summed E-state index contributed by atoms with van der Waals surface area (Å²) in [6, 6.07) is 0. The van der Waals surface area contributed by atoms with Crippen LogP contribution in [0.15, 0.2) is 56.2 Å². The maximum Gasteiger partial charge on any atom is 0.243 e. The average molecular weight is 540 g/mol. The van der Waals surface area contributed by atoms with Crippen molar-refractivity contribution in [1.82, 2.24) is 13.7 Å². The summed E-state index contributed by atoms with van der Waals surface area (Å²) >= 11 is 0. The van der Waals surface area contributed by atoms with E-state index in [1.807, 2.05) is 0 Å². The van der Waals surface area contributed by atoms with Crippen molar-refractivity contribution in [2.45, 2.75) is 156 Å². The van der Waals surface area contributed by atoms with E-state index in [1.54, 1.807) is 0 Å². The molecular formula is C33H59N6+3. The molecule has 0 aliphatic rings. The van der Waals surface area contributed by atoms with Crippen LogP contribution in [0.4, 0.5) is 0 Å². The Morgan fingerprint density at radius 1 is 0.385 bits per heavy atom. The third-order valence-electron chi connectivity index (χ3n) is 7.94. The highest BCUT2D eigenvalue weighted by Gasteiger charge is 2.07. The van der Waals surface area contributed by atoms with Gasteiger partial charge in [0.2, 0.25) is 19.0 Å². The molecule has 0 spiro atoms. The van der Waals surface area contributed by atoms with E-state index in [4.69, 9.17) is 0 Å². The molecule has 0 atom stereocenters. The Morgan fingerprint density at radius 3 is 1.03 bits per heavy atom. The van der Waals surface area contributed by atoms with Crippen LogP contribution in [0.25, 0.3) is 0 Å². The maximum atomic E-state index is 2.37. The predicted molar refractivity (Wildman–Crippen MR) is 159 cm³/mol. The van der Waals surface area contributed by atoms with Crippen molar-refractivity contribution < 1.29 is 13.7 Å². The first-order chi connectivity index (χ1) is 19.3. The first kappa shape index (κ1) is 31.2. The highest BCUT2D eigenvalue weighted by Crippen LogP contribution is 2.05. The summed E-state index contributed by atoms with van der Waals surface area (Å²) in [6.07, 6.45) is 41.4. The van der Waals surface area contributed by atoms with E-state index >= 15 is 0 Å². The standard InChI is InChI=1S/C33H59N6/c1-3-5-7-13-19-34-25-27-36(31-34)21-15-9-11-17-23-38-29-30-39(33-38)24-18-12-10-16-22-37-28-26-35(32-37)20-14-8-6-4-2/h25-33H,3-24H2,1-2H3/q+3. The van der Waals surface area contributed by atoms with E-state index in [0.717, 1.165) is 39.3 Å². The van der Waals surface area contributed by atoms with Gasteiger partial charge in [-0.1, -0.05) is 39.5 Å². The topological polar surface area (TPSA) is 26.4 Å². The number of imidazole rings is 3. The minimum absolute atomic E-state index is 1.14. The molecule has 0 amide bonds. The first-order valence-electron chi connectivity index (χ1n) is 16.4.